The van der Waals surface area contributed by atoms with Crippen molar-refractivity contribution < 1.29 is 9.18 Å². The van der Waals surface area contributed by atoms with Crippen molar-refractivity contribution in [2.24, 2.45) is 0 Å². The van der Waals surface area contributed by atoms with E-state index < -0.39 is 0 Å². The smallest absolute Gasteiger partial charge is 0.238 e. The van der Waals surface area contributed by atoms with Crippen LogP contribution in [0.5, 0.6) is 0 Å². The van der Waals surface area contributed by atoms with Crippen LogP contribution in [0.2, 0.25) is 10.0 Å². The number of benzene rings is 2. The molecule has 0 aliphatic carbocycles. The second kappa shape index (κ2) is 7.41. The van der Waals surface area contributed by atoms with E-state index in [1.54, 1.807) is 30.3 Å². The van der Waals surface area contributed by atoms with E-state index in [1.807, 2.05) is 0 Å². The van der Waals surface area contributed by atoms with Gasteiger partial charge < -0.3 is 10.6 Å². The number of carbonyl (C=O) groups is 1. The third-order valence-electron chi connectivity index (χ3n) is 2.73. The highest BCUT2D eigenvalue weighted by Crippen LogP contribution is 2.25. The zero-order valence-corrected chi connectivity index (χ0v) is 12.5. The van der Waals surface area contributed by atoms with Gasteiger partial charge in [0.15, 0.2) is 0 Å². The first kappa shape index (κ1) is 15.8. The van der Waals surface area contributed by atoms with Gasteiger partial charge in [-0.25, -0.2) is 4.39 Å². The summed E-state index contributed by atoms with van der Waals surface area (Å²) in [6.07, 6.45) is 0. The zero-order chi connectivity index (χ0) is 15.2. The molecule has 0 unspecified atom stereocenters. The molecule has 2 aromatic carbocycles. The van der Waals surface area contributed by atoms with Crippen molar-refractivity contribution in [3.63, 3.8) is 0 Å². The predicted molar refractivity (Wildman–Crippen MR) is 83.2 cm³/mol. The fourth-order valence-corrected chi connectivity index (χ4v) is 2.16. The molecule has 0 aliphatic rings. The second-order valence-corrected chi connectivity index (χ2v) is 5.25. The lowest BCUT2D eigenvalue weighted by molar-refractivity contribution is -0.115. The number of hydrogen-bond acceptors (Lipinski definition) is 2. The molecule has 21 heavy (non-hydrogen) atoms. The van der Waals surface area contributed by atoms with Gasteiger partial charge in [0.1, 0.15) is 5.82 Å². The first-order valence-corrected chi connectivity index (χ1v) is 7.00. The molecule has 2 N–H and O–H groups in total. The van der Waals surface area contributed by atoms with Crippen LogP contribution in [0.25, 0.3) is 0 Å². The van der Waals surface area contributed by atoms with Crippen LogP contribution in [0.4, 0.5) is 10.1 Å². The van der Waals surface area contributed by atoms with Crippen LogP contribution in [0.1, 0.15) is 5.56 Å². The summed E-state index contributed by atoms with van der Waals surface area (Å²) in [7, 11) is 0. The van der Waals surface area contributed by atoms with Crippen LogP contribution in [0.3, 0.4) is 0 Å². The molecule has 0 fully saturated rings. The molecule has 0 aliphatic heterocycles. The summed E-state index contributed by atoms with van der Waals surface area (Å²) in [6.45, 7) is 0.596. The summed E-state index contributed by atoms with van der Waals surface area (Å²) in [5.41, 5.74) is 1.41. The molecule has 3 nitrogen and oxygen atoms in total. The Morgan fingerprint density at radius 3 is 2.48 bits per heavy atom. The Morgan fingerprint density at radius 2 is 1.81 bits per heavy atom. The highest BCUT2D eigenvalue weighted by molar-refractivity contribution is 6.36. The third kappa shape index (κ3) is 5.01. The normalized spacial score (nSPS) is 10.4. The van der Waals surface area contributed by atoms with Crippen LogP contribution in [-0.2, 0) is 11.3 Å². The maximum absolute atomic E-state index is 12.7. The van der Waals surface area contributed by atoms with E-state index >= 15 is 0 Å². The van der Waals surface area contributed by atoms with Crippen molar-refractivity contribution in [1.82, 2.24) is 5.32 Å². The molecular weight excluding hydrogens is 314 g/mol. The van der Waals surface area contributed by atoms with E-state index in [1.165, 1.54) is 12.1 Å². The lowest BCUT2D eigenvalue weighted by Crippen LogP contribution is -2.27. The van der Waals surface area contributed by atoms with Gasteiger partial charge in [-0.1, -0.05) is 35.3 Å². The topological polar surface area (TPSA) is 41.1 Å². The summed E-state index contributed by atoms with van der Waals surface area (Å²) < 4.78 is 12.7. The first-order valence-electron chi connectivity index (χ1n) is 6.24. The van der Waals surface area contributed by atoms with Gasteiger partial charge in [-0.2, -0.15) is 0 Å². The number of nitrogens with one attached hydrogen (secondary N) is 2. The Kier molecular flexibility index (Phi) is 5.56. The minimum absolute atomic E-state index is 0.121. The van der Waals surface area contributed by atoms with Gasteiger partial charge >= 0.3 is 0 Å². The van der Waals surface area contributed by atoms with E-state index in [9.17, 15) is 9.18 Å². The van der Waals surface area contributed by atoms with Crippen molar-refractivity contribution in [1.29, 1.82) is 0 Å². The minimum atomic E-state index is -0.283. The largest absolute Gasteiger partial charge is 0.324 e. The summed E-state index contributed by atoms with van der Waals surface area (Å²) in [5, 5.41) is 6.54. The van der Waals surface area contributed by atoms with Gasteiger partial charge in [-0.05, 0) is 35.9 Å². The number of amides is 1. The molecule has 0 saturated heterocycles. The Labute approximate surface area is 132 Å². The standard InChI is InChI=1S/C15H13Cl2FN2O/c16-11-3-6-14(13(17)7-11)20-15(21)9-19-8-10-1-4-12(18)5-2-10/h1-7,19H,8-9H2,(H,20,21). The molecule has 0 bridgehead atoms. The molecular formula is C15H13Cl2FN2O. The average Bonchev–Trinajstić information content (AvgIpc) is 2.44. The molecule has 110 valence electrons. The summed E-state index contributed by atoms with van der Waals surface area (Å²) in [6, 6.07) is 10.9. The molecule has 0 heterocycles. The quantitative estimate of drug-likeness (QED) is 0.875. The molecule has 6 heteroatoms. The molecule has 2 rings (SSSR count). The zero-order valence-electron chi connectivity index (χ0n) is 11.0. The van der Waals surface area contributed by atoms with Gasteiger partial charge in [0.05, 0.1) is 17.3 Å². The van der Waals surface area contributed by atoms with Gasteiger partial charge in [-0.3, -0.25) is 4.79 Å². The SMILES string of the molecule is O=C(CNCc1ccc(F)cc1)Nc1ccc(Cl)cc1Cl. The van der Waals surface area contributed by atoms with E-state index in [0.717, 1.165) is 5.56 Å². The van der Waals surface area contributed by atoms with E-state index in [-0.39, 0.29) is 18.3 Å². The average molecular weight is 327 g/mol. The fraction of sp³-hybridized carbons (Fsp3) is 0.133. The van der Waals surface area contributed by atoms with Crippen LogP contribution in [-0.4, -0.2) is 12.5 Å². The van der Waals surface area contributed by atoms with Crippen molar-refractivity contribution in [2.45, 2.75) is 6.54 Å². The minimum Gasteiger partial charge on any atom is -0.324 e. The fourth-order valence-electron chi connectivity index (χ4n) is 1.71. The monoisotopic (exact) mass is 326 g/mol. The van der Waals surface area contributed by atoms with Crippen molar-refractivity contribution in [3.05, 3.63) is 63.9 Å². The lowest BCUT2D eigenvalue weighted by Gasteiger charge is -2.08. The number of carbonyl (C=O) groups excluding carboxylic acids is 1. The molecule has 0 aromatic heterocycles. The van der Waals surface area contributed by atoms with Crippen LogP contribution >= 0.6 is 23.2 Å². The number of rotatable bonds is 5. The number of hydrogen-bond donors (Lipinski definition) is 2. The maximum atomic E-state index is 12.7. The Morgan fingerprint density at radius 1 is 1.10 bits per heavy atom. The molecule has 0 spiro atoms. The van der Waals surface area contributed by atoms with Crippen LogP contribution < -0.4 is 10.6 Å². The number of anilines is 1. The summed E-state index contributed by atoms with van der Waals surface area (Å²) in [5.74, 6) is -0.504. The van der Waals surface area contributed by atoms with E-state index in [4.69, 9.17) is 23.2 Å². The number of halogens is 3. The summed E-state index contributed by atoms with van der Waals surface area (Å²) >= 11 is 11.7. The Hall–Kier alpha value is -1.62. The van der Waals surface area contributed by atoms with Crippen molar-refractivity contribution >= 4 is 34.8 Å². The summed E-state index contributed by atoms with van der Waals surface area (Å²) in [4.78, 5) is 11.8. The molecule has 0 atom stereocenters. The van der Waals surface area contributed by atoms with Gasteiger partial charge in [0.2, 0.25) is 5.91 Å². The van der Waals surface area contributed by atoms with Crippen molar-refractivity contribution in [2.75, 3.05) is 11.9 Å². The van der Waals surface area contributed by atoms with E-state index in [2.05, 4.69) is 10.6 Å². The van der Waals surface area contributed by atoms with E-state index in [0.29, 0.717) is 22.3 Å². The molecule has 1 amide bonds. The second-order valence-electron chi connectivity index (χ2n) is 4.40. The Balaban J connectivity index is 1.81. The van der Waals surface area contributed by atoms with Gasteiger partial charge in [0, 0.05) is 11.6 Å². The van der Waals surface area contributed by atoms with Crippen LogP contribution in [0.15, 0.2) is 42.5 Å². The first-order chi connectivity index (χ1) is 10.0. The van der Waals surface area contributed by atoms with Crippen molar-refractivity contribution in [3.8, 4) is 0 Å². The molecule has 0 radical (unpaired) electrons. The molecule has 2 aromatic rings. The highest BCUT2D eigenvalue weighted by Gasteiger charge is 2.06. The van der Waals surface area contributed by atoms with Gasteiger partial charge in [-0.15, -0.1) is 0 Å². The lowest BCUT2D eigenvalue weighted by atomic mass is 10.2. The van der Waals surface area contributed by atoms with Crippen LogP contribution in [0, 0.1) is 5.82 Å². The predicted octanol–water partition coefficient (Wildman–Crippen LogP) is 3.86. The Bertz CT molecular complexity index is 632. The highest BCUT2D eigenvalue weighted by atomic mass is 35.5. The maximum Gasteiger partial charge on any atom is 0.238 e. The molecule has 0 saturated carbocycles. The van der Waals surface area contributed by atoms with Gasteiger partial charge in [0.25, 0.3) is 0 Å². The third-order valence-corrected chi connectivity index (χ3v) is 3.28.